The normalized spacial score (nSPS) is 13.4. The van der Waals surface area contributed by atoms with Crippen LogP contribution in [0.15, 0.2) is 52.9 Å². The lowest BCUT2D eigenvalue weighted by molar-refractivity contribution is 0.109. The van der Waals surface area contributed by atoms with Crippen LogP contribution in [0, 0.1) is 0 Å². The number of halogens is 1. The lowest BCUT2D eigenvalue weighted by Gasteiger charge is -2.11. The van der Waals surface area contributed by atoms with E-state index >= 15 is 0 Å². The molecule has 2 heterocycles. The van der Waals surface area contributed by atoms with Gasteiger partial charge in [-0.25, -0.2) is 0 Å². The first-order valence-electron chi connectivity index (χ1n) is 10.6. The standard InChI is InChI=1S/C21H23NO2.C4H9NO.ClH/c1-4-13-23-19-12-8-17-14-20(24-21(17)15-19)11-7-16-5-9-18(10-6-16)22(2)3;1-3-6-4-2-5-1;/h5-12,14-15H,4,13H2,1-3H3;5H,1-4H2;1H. The number of ether oxygens (including phenoxy) is 2. The molecule has 0 radical (unpaired) electrons. The minimum Gasteiger partial charge on any atom is -0.493 e. The Balaban J connectivity index is 0.000000422. The third-order valence-corrected chi connectivity index (χ3v) is 4.68. The highest BCUT2D eigenvalue weighted by Crippen LogP contribution is 2.25. The van der Waals surface area contributed by atoms with Crippen molar-refractivity contribution in [2.45, 2.75) is 13.3 Å². The summed E-state index contributed by atoms with van der Waals surface area (Å²) in [6.45, 7) is 6.65. The second-order valence-electron chi connectivity index (χ2n) is 7.38. The van der Waals surface area contributed by atoms with Gasteiger partial charge in [0, 0.05) is 44.3 Å². The summed E-state index contributed by atoms with van der Waals surface area (Å²) in [6, 6.07) is 16.4. The molecule has 4 rings (SSSR count). The Bertz CT molecular complexity index is 920. The van der Waals surface area contributed by atoms with Crippen molar-refractivity contribution in [1.82, 2.24) is 5.32 Å². The molecule has 2 aromatic carbocycles. The van der Waals surface area contributed by atoms with Crippen molar-refractivity contribution in [3.05, 3.63) is 59.9 Å². The highest BCUT2D eigenvalue weighted by Gasteiger charge is 2.03. The van der Waals surface area contributed by atoms with Crippen LogP contribution in [0.1, 0.15) is 24.7 Å². The van der Waals surface area contributed by atoms with Crippen LogP contribution in [0.2, 0.25) is 0 Å². The number of hydrogen-bond acceptors (Lipinski definition) is 5. The average molecular weight is 445 g/mol. The van der Waals surface area contributed by atoms with Crippen LogP contribution < -0.4 is 15.0 Å². The van der Waals surface area contributed by atoms with Gasteiger partial charge < -0.3 is 24.1 Å². The molecule has 1 aliphatic rings. The van der Waals surface area contributed by atoms with E-state index in [1.807, 2.05) is 44.4 Å². The summed E-state index contributed by atoms with van der Waals surface area (Å²) in [6.07, 6.45) is 5.06. The molecule has 5 nitrogen and oxygen atoms in total. The molecule has 0 atom stereocenters. The number of nitrogens with zero attached hydrogens (tertiary/aromatic N) is 1. The van der Waals surface area contributed by atoms with Crippen molar-refractivity contribution >= 4 is 41.2 Å². The van der Waals surface area contributed by atoms with Gasteiger partial charge in [0.15, 0.2) is 0 Å². The lowest BCUT2D eigenvalue weighted by atomic mass is 10.1. The Morgan fingerprint density at radius 1 is 1.00 bits per heavy atom. The Morgan fingerprint density at radius 2 is 1.74 bits per heavy atom. The SMILES string of the molecule is C1COCCN1.CCCOc1ccc2cc(C=Cc3ccc(N(C)C)cc3)oc2c1.Cl. The topological polar surface area (TPSA) is 46.9 Å². The van der Waals surface area contributed by atoms with Crippen LogP contribution in [0.3, 0.4) is 0 Å². The molecule has 3 aromatic rings. The van der Waals surface area contributed by atoms with Crippen molar-refractivity contribution in [1.29, 1.82) is 0 Å². The van der Waals surface area contributed by atoms with Crippen molar-refractivity contribution in [3.8, 4) is 5.75 Å². The predicted molar refractivity (Wildman–Crippen MR) is 133 cm³/mol. The molecule has 0 spiro atoms. The molecule has 1 N–H and O–H groups in total. The molecular formula is C25H33ClN2O3. The van der Waals surface area contributed by atoms with E-state index in [0.717, 1.165) is 67.4 Å². The van der Waals surface area contributed by atoms with Crippen molar-refractivity contribution in [2.24, 2.45) is 0 Å². The highest BCUT2D eigenvalue weighted by molar-refractivity contribution is 5.85. The minimum atomic E-state index is 0. The molecule has 1 fully saturated rings. The number of furan rings is 1. The van der Waals surface area contributed by atoms with Gasteiger partial charge in [-0.15, -0.1) is 12.4 Å². The van der Waals surface area contributed by atoms with Gasteiger partial charge in [-0.2, -0.15) is 0 Å². The fraction of sp³-hybridized carbons (Fsp3) is 0.360. The largest absolute Gasteiger partial charge is 0.493 e. The van der Waals surface area contributed by atoms with Gasteiger partial charge in [-0.1, -0.05) is 25.1 Å². The lowest BCUT2D eigenvalue weighted by Crippen LogP contribution is -2.30. The van der Waals surface area contributed by atoms with E-state index in [1.54, 1.807) is 0 Å². The second kappa shape index (κ2) is 13.1. The fourth-order valence-corrected chi connectivity index (χ4v) is 3.00. The van der Waals surface area contributed by atoms with E-state index in [2.05, 4.69) is 47.5 Å². The van der Waals surface area contributed by atoms with E-state index in [1.165, 1.54) is 5.69 Å². The van der Waals surface area contributed by atoms with Crippen LogP contribution >= 0.6 is 12.4 Å². The molecule has 0 aliphatic carbocycles. The Labute approximate surface area is 191 Å². The molecule has 0 unspecified atom stereocenters. The number of hydrogen-bond donors (Lipinski definition) is 1. The third kappa shape index (κ3) is 7.94. The predicted octanol–water partition coefficient (Wildman–Crippen LogP) is 5.49. The second-order valence-corrected chi connectivity index (χ2v) is 7.38. The first-order valence-corrected chi connectivity index (χ1v) is 10.6. The molecule has 0 bridgehead atoms. The van der Waals surface area contributed by atoms with Crippen LogP contribution in [0.5, 0.6) is 5.75 Å². The fourth-order valence-electron chi connectivity index (χ4n) is 3.00. The summed E-state index contributed by atoms with van der Waals surface area (Å²) < 4.78 is 16.6. The van der Waals surface area contributed by atoms with E-state index in [0.29, 0.717) is 0 Å². The molecule has 168 valence electrons. The number of fused-ring (bicyclic) bond motifs is 1. The van der Waals surface area contributed by atoms with Gasteiger partial charge >= 0.3 is 0 Å². The number of morpholine rings is 1. The van der Waals surface area contributed by atoms with Crippen LogP contribution in [0.4, 0.5) is 5.69 Å². The van der Waals surface area contributed by atoms with Crippen molar-refractivity contribution < 1.29 is 13.9 Å². The number of nitrogens with one attached hydrogen (secondary N) is 1. The first kappa shape index (κ1) is 24.8. The summed E-state index contributed by atoms with van der Waals surface area (Å²) in [5.74, 6) is 1.70. The maximum Gasteiger partial charge on any atom is 0.138 e. The quantitative estimate of drug-likeness (QED) is 0.545. The zero-order valence-electron chi connectivity index (χ0n) is 18.6. The summed E-state index contributed by atoms with van der Waals surface area (Å²) in [5, 5.41) is 4.24. The molecule has 1 saturated heterocycles. The van der Waals surface area contributed by atoms with Gasteiger partial charge in [0.05, 0.1) is 19.8 Å². The molecular weight excluding hydrogens is 412 g/mol. The summed E-state index contributed by atoms with van der Waals surface area (Å²) in [7, 11) is 4.08. The molecule has 6 heteroatoms. The smallest absolute Gasteiger partial charge is 0.138 e. The highest BCUT2D eigenvalue weighted by atomic mass is 35.5. The van der Waals surface area contributed by atoms with Crippen LogP contribution in [-0.2, 0) is 4.74 Å². The van der Waals surface area contributed by atoms with Crippen LogP contribution in [-0.4, -0.2) is 47.0 Å². The van der Waals surface area contributed by atoms with Crippen molar-refractivity contribution in [2.75, 3.05) is 51.9 Å². The molecule has 1 aromatic heterocycles. The monoisotopic (exact) mass is 444 g/mol. The third-order valence-electron chi connectivity index (χ3n) is 4.68. The van der Waals surface area contributed by atoms with Gasteiger partial charge in [0.2, 0.25) is 0 Å². The summed E-state index contributed by atoms with van der Waals surface area (Å²) in [4.78, 5) is 2.09. The number of rotatable bonds is 6. The van der Waals surface area contributed by atoms with E-state index in [4.69, 9.17) is 13.9 Å². The number of anilines is 1. The van der Waals surface area contributed by atoms with Gasteiger partial charge in [-0.05, 0) is 48.4 Å². The molecule has 0 amide bonds. The van der Waals surface area contributed by atoms with Crippen LogP contribution in [0.25, 0.3) is 23.1 Å². The summed E-state index contributed by atoms with van der Waals surface area (Å²) >= 11 is 0. The number of benzene rings is 2. The van der Waals surface area contributed by atoms with E-state index in [-0.39, 0.29) is 12.4 Å². The summed E-state index contributed by atoms with van der Waals surface area (Å²) in [5.41, 5.74) is 3.19. The zero-order chi connectivity index (χ0) is 21.2. The Morgan fingerprint density at radius 3 is 2.32 bits per heavy atom. The van der Waals surface area contributed by atoms with Crippen molar-refractivity contribution in [3.63, 3.8) is 0 Å². The molecule has 0 saturated carbocycles. The van der Waals surface area contributed by atoms with Gasteiger partial charge in [-0.3, -0.25) is 0 Å². The van der Waals surface area contributed by atoms with Gasteiger partial charge in [0.1, 0.15) is 17.1 Å². The minimum absolute atomic E-state index is 0. The molecule has 1 aliphatic heterocycles. The maximum absolute atomic E-state index is 5.90. The first-order chi connectivity index (χ1) is 14.7. The Kier molecular flexibility index (Phi) is 10.4. The average Bonchev–Trinajstić information content (AvgIpc) is 3.20. The Hall–Kier alpha value is -2.47. The van der Waals surface area contributed by atoms with E-state index < -0.39 is 0 Å². The molecule has 31 heavy (non-hydrogen) atoms. The van der Waals surface area contributed by atoms with Gasteiger partial charge in [0.25, 0.3) is 0 Å². The zero-order valence-corrected chi connectivity index (χ0v) is 19.4. The maximum atomic E-state index is 5.90. The van der Waals surface area contributed by atoms with E-state index in [9.17, 15) is 0 Å².